The molecule has 11 heavy (non-hydrogen) atoms. The minimum absolute atomic E-state index is 1.12. The molecule has 0 aliphatic carbocycles. The van der Waals surface area contributed by atoms with E-state index in [0.717, 1.165) is 5.56 Å². The van der Waals surface area contributed by atoms with Crippen LogP contribution in [0.2, 0.25) is 0 Å². The summed E-state index contributed by atoms with van der Waals surface area (Å²) < 4.78 is 0. The highest BCUT2D eigenvalue weighted by molar-refractivity contribution is 5.45. The first-order chi connectivity index (χ1) is 5.29. The maximum atomic E-state index is 3.91. The highest BCUT2D eigenvalue weighted by atomic mass is 15.0. The van der Waals surface area contributed by atoms with Crippen molar-refractivity contribution < 1.29 is 0 Å². The van der Waals surface area contributed by atoms with E-state index in [1.165, 1.54) is 0 Å². The number of hydrogen-bond acceptors (Lipinski definition) is 2. The lowest BCUT2D eigenvalue weighted by atomic mass is 10.3. The fraction of sp³-hybridized carbons (Fsp3) is 0.222. The second-order valence-corrected chi connectivity index (χ2v) is 2.45. The smallest absolute Gasteiger partial charge is 0.0604 e. The van der Waals surface area contributed by atoms with Crippen LogP contribution in [0, 0.1) is 6.20 Å². The van der Waals surface area contributed by atoms with Gasteiger partial charge in [-0.1, -0.05) is 0 Å². The largest absolute Gasteiger partial charge is 0.376 e. The third-order valence-electron chi connectivity index (χ3n) is 1.20. The van der Waals surface area contributed by atoms with Crippen molar-refractivity contribution in [3.8, 4) is 0 Å². The molecule has 0 aromatic carbocycles. The number of rotatable bonds is 2. The Balaban J connectivity index is 2.65. The molecule has 1 rings (SSSR count). The summed E-state index contributed by atoms with van der Waals surface area (Å²) in [5, 5.41) is 0. The van der Waals surface area contributed by atoms with Gasteiger partial charge in [0, 0.05) is 26.5 Å². The fourth-order valence-corrected chi connectivity index (χ4v) is 0.663. The van der Waals surface area contributed by atoms with Crippen molar-refractivity contribution in [2.24, 2.45) is 0 Å². The Labute approximate surface area is 67.2 Å². The SMILES string of the molecule is CN(C)/[C]=C/c1ccncc1. The van der Waals surface area contributed by atoms with Crippen molar-refractivity contribution in [3.63, 3.8) is 0 Å². The molecule has 0 fully saturated rings. The van der Waals surface area contributed by atoms with Gasteiger partial charge >= 0.3 is 0 Å². The minimum atomic E-state index is 1.12. The molecule has 1 heterocycles. The molecule has 0 bridgehead atoms. The normalized spacial score (nSPS) is 10.4. The zero-order valence-corrected chi connectivity index (χ0v) is 6.78. The zero-order valence-electron chi connectivity index (χ0n) is 6.78. The monoisotopic (exact) mass is 147 g/mol. The molecular formula is C9H11N2. The summed E-state index contributed by atoms with van der Waals surface area (Å²) in [6.45, 7) is 0. The van der Waals surface area contributed by atoms with Crippen LogP contribution < -0.4 is 0 Å². The Morgan fingerprint density at radius 3 is 2.55 bits per heavy atom. The van der Waals surface area contributed by atoms with Crippen molar-refractivity contribution >= 4 is 6.08 Å². The lowest BCUT2D eigenvalue weighted by molar-refractivity contribution is 0.543. The molecule has 0 spiro atoms. The van der Waals surface area contributed by atoms with Crippen LogP contribution in [0.4, 0.5) is 0 Å². The van der Waals surface area contributed by atoms with Gasteiger partial charge < -0.3 is 4.90 Å². The van der Waals surface area contributed by atoms with Crippen LogP contribution in [-0.4, -0.2) is 24.0 Å². The van der Waals surface area contributed by atoms with Crippen molar-refractivity contribution in [1.29, 1.82) is 0 Å². The van der Waals surface area contributed by atoms with Gasteiger partial charge in [0.1, 0.15) is 0 Å². The molecule has 1 aromatic rings. The Kier molecular flexibility index (Phi) is 2.66. The van der Waals surface area contributed by atoms with E-state index in [4.69, 9.17) is 0 Å². The molecule has 0 N–H and O–H groups in total. The van der Waals surface area contributed by atoms with E-state index in [9.17, 15) is 0 Å². The van der Waals surface area contributed by atoms with Gasteiger partial charge in [0.05, 0.1) is 6.20 Å². The third kappa shape index (κ3) is 2.85. The highest BCUT2D eigenvalue weighted by Crippen LogP contribution is 1.98. The summed E-state index contributed by atoms with van der Waals surface area (Å²) in [5.41, 5.74) is 1.12. The quantitative estimate of drug-likeness (QED) is 0.588. The molecule has 1 aromatic heterocycles. The van der Waals surface area contributed by atoms with Gasteiger partial charge in [0.15, 0.2) is 0 Å². The molecule has 0 unspecified atom stereocenters. The van der Waals surface area contributed by atoms with E-state index in [1.54, 1.807) is 12.4 Å². The van der Waals surface area contributed by atoms with E-state index in [1.807, 2.05) is 37.2 Å². The Hall–Kier alpha value is -1.31. The van der Waals surface area contributed by atoms with E-state index in [-0.39, 0.29) is 0 Å². The Bertz CT molecular complexity index is 227. The molecule has 57 valence electrons. The van der Waals surface area contributed by atoms with Gasteiger partial charge in [-0.25, -0.2) is 0 Å². The summed E-state index contributed by atoms with van der Waals surface area (Å²) >= 11 is 0. The van der Waals surface area contributed by atoms with Crippen LogP contribution in [0.3, 0.4) is 0 Å². The molecule has 0 amide bonds. The van der Waals surface area contributed by atoms with Gasteiger partial charge in [-0.15, -0.1) is 0 Å². The summed E-state index contributed by atoms with van der Waals surface area (Å²) in [4.78, 5) is 5.79. The maximum Gasteiger partial charge on any atom is 0.0604 e. The van der Waals surface area contributed by atoms with Crippen LogP contribution in [0.15, 0.2) is 24.5 Å². The lowest BCUT2D eigenvalue weighted by Crippen LogP contribution is -2.00. The molecule has 0 aliphatic rings. The van der Waals surface area contributed by atoms with Crippen LogP contribution >= 0.6 is 0 Å². The summed E-state index contributed by atoms with van der Waals surface area (Å²) in [6.07, 6.45) is 8.49. The second kappa shape index (κ2) is 3.76. The van der Waals surface area contributed by atoms with Crippen LogP contribution in [0.1, 0.15) is 5.56 Å². The van der Waals surface area contributed by atoms with E-state index < -0.39 is 0 Å². The summed E-state index contributed by atoms with van der Waals surface area (Å²) in [5.74, 6) is 0. The number of pyridine rings is 1. The average molecular weight is 147 g/mol. The van der Waals surface area contributed by atoms with Gasteiger partial charge in [0.25, 0.3) is 0 Å². The molecule has 2 nitrogen and oxygen atoms in total. The predicted octanol–water partition coefficient (Wildman–Crippen LogP) is 1.42. The van der Waals surface area contributed by atoms with Gasteiger partial charge in [0.2, 0.25) is 0 Å². The second-order valence-electron chi connectivity index (χ2n) is 2.45. The van der Waals surface area contributed by atoms with Gasteiger partial charge in [-0.2, -0.15) is 0 Å². The van der Waals surface area contributed by atoms with Crippen molar-refractivity contribution in [3.05, 3.63) is 36.3 Å². The number of nitrogens with zero attached hydrogens (tertiary/aromatic N) is 2. The molecule has 2 heteroatoms. The molecular weight excluding hydrogens is 136 g/mol. The van der Waals surface area contributed by atoms with Gasteiger partial charge in [-0.3, -0.25) is 4.98 Å². The van der Waals surface area contributed by atoms with Crippen molar-refractivity contribution in [2.75, 3.05) is 14.1 Å². The topological polar surface area (TPSA) is 16.1 Å². The zero-order chi connectivity index (χ0) is 8.10. The highest BCUT2D eigenvalue weighted by Gasteiger charge is 1.83. The average Bonchev–Trinajstić information content (AvgIpc) is 2.03. The third-order valence-corrected chi connectivity index (χ3v) is 1.20. The number of hydrogen-bond donors (Lipinski definition) is 0. The first-order valence-corrected chi connectivity index (χ1v) is 3.46. The lowest BCUT2D eigenvalue weighted by Gasteiger charge is -2.00. The van der Waals surface area contributed by atoms with E-state index in [0.29, 0.717) is 0 Å². The standard InChI is InChI=1S/C9H11N2/c1-11(2)8-5-9-3-6-10-7-4-9/h3-7H,1-2H3. The maximum absolute atomic E-state index is 3.91. The molecule has 0 atom stereocenters. The Morgan fingerprint density at radius 2 is 2.00 bits per heavy atom. The Morgan fingerprint density at radius 1 is 1.36 bits per heavy atom. The van der Waals surface area contributed by atoms with Crippen molar-refractivity contribution in [2.45, 2.75) is 0 Å². The number of aromatic nitrogens is 1. The summed E-state index contributed by atoms with van der Waals surface area (Å²) in [6, 6.07) is 3.88. The predicted molar refractivity (Wildman–Crippen MR) is 45.6 cm³/mol. The molecule has 0 saturated carbocycles. The molecule has 0 saturated heterocycles. The van der Waals surface area contributed by atoms with E-state index >= 15 is 0 Å². The van der Waals surface area contributed by atoms with Gasteiger partial charge in [-0.05, 0) is 23.8 Å². The summed E-state index contributed by atoms with van der Waals surface area (Å²) in [7, 11) is 3.88. The van der Waals surface area contributed by atoms with Crippen LogP contribution in [-0.2, 0) is 0 Å². The molecule has 0 aliphatic heterocycles. The van der Waals surface area contributed by atoms with Crippen LogP contribution in [0.25, 0.3) is 6.08 Å². The van der Waals surface area contributed by atoms with Crippen LogP contribution in [0.5, 0.6) is 0 Å². The first-order valence-electron chi connectivity index (χ1n) is 3.46. The first kappa shape index (κ1) is 7.79. The minimum Gasteiger partial charge on any atom is -0.376 e. The molecule has 1 radical (unpaired) electrons. The fourth-order valence-electron chi connectivity index (χ4n) is 0.663. The van der Waals surface area contributed by atoms with E-state index in [2.05, 4.69) is 11.2 Å². The van der Waals surface area contributed by atoms with Crippen molar-refractivity contribution in [1.82, 2.24) is 9.88 Å².